The van der Waals surface area contributed by atoms with Gasteiger partial charge in [-0.25, -0.2) is 4.98 Å². The molecule has 2 aromatic heterocycles. The summed E-state index contributed by atoms with van der Waals surface area (Å²) in [6.45, 7) is 0.357. The molecule has 0 amide bonds. The molecule has 6 heteroatoms. The Morgan fingerprint density at radius 1 is 1.50 bits per heavy atom. The maximum Gasteiger partial charge on any atom is 0.267 e. The van der Waals surface area contributed by atoms with Gasteiger partial charge >= 0.3 is 0 Å². The van der Waals surface area contributed by atoms with Crippen molar-refractivity contribution in [3.05, 3.63) is 51.4 Å². The van der Waals surface area contributed by atoms with Crippen LogP contribution in [0.25, 0.3) is 0 Å². The van der Waals surface area contributed by atoms with Crippen molar-refractivity contribution in [2.75, 3.05) is 5.73 Å². The highest BCUT2D eigenvalue weighted by Crippen LogP contribution is 2.05. The average molecular weight is 281 g/mol. The Morgan fingerprint density at radius 2 is 2.31 bits per heavy atom. The van der Waals surface area contributed by atoms with E-state index in [0.717, 1.165) is 5.69 Å². The molecule has 0 saturated heterocycles. The van der Waals surface area contributed by atoms with E-state index in [2.05, 4.69) is 25.9 Å². The van der Waals surface area contributed by atoms with Crippen molar-refractivity contribution in [2.24, 2.45) is 0 Å². The summed E-state index contributed by atoms with van der Waals surface area (Å²) in [5.74, 6) is 0. The van der Waals surface area contributed by atoms with Gasteiger partial charge in [-0.15, -0.1) is 0 Å². The molecule has 0 bridgehead atoms. The minimum Gasteiger partial charge on any atom is -0.399 e. The molecule has 2 aromatic rings. The summed E-state index contributed by atoms with van der Waals surface area (Å²) in [5, 5.41) is 0. The van der Waals surface area contributed by atoms with Crippen LogP contribution in [0.4, 0.5) is 5.69 Å². The molecule has 16 heavy (non-hydrogen) atoms. The summed E-state index contributed by atoms with van der Waals surface area (Å²) >= 11 is 3.13. The lowest BCUT2D eigenvalue weighted by Gasteiger charge is -2.04. The highest BCUT2D eigenvalue weighted by Gasteiger charge is 2.02. The summed E-state index contributed by atoms with van der Waals surface area (Å²) in [7, 11) is 0. The van der Waals surface area contributed by atoms with Crippen LogP contribution in [0.3, 0.4) is 0 Å². The number of hydrogen-bond acceptors (Lipinski definition) is 4. The van der Waals surface area contributed by atoms with Crippen molar-refractivity contribution in [2.45, 2.75) is 6.54 Å². The summed E-state index contributed by atoms with van der Waals surface area (Å²) < 4.78 is 1.89. The van der Waals surface area contributed by atoms with Crippen LogP contribution >= 0.6 is 15.9 Å². The summed E-state index contributed by atoms with van der Waals surface area (Å²) in [4.78, 5) is 19.7. The summed E-state index contributed by atoms with van der Waals surface area (Å²) in [5.41, 5.74) is 6.84. The lowest BCUT2D eigenvalue weighted by molar-refractivity contribution is 0.714. The zero-order valence-electron chi connectivity index (χ0n) is 8.30. The maximum atomic E-state index is 11.7. The van der Waals surface area contributed by atoms with Gasteiger partial charge in [0.25, 0.3) is 5.56 Å². The zero-order valence-corrected chi connectivity index (χ0v) is 9.89. The quantitative estimate of drug-likeness (QED) is 0.892. The Balaban J connectivity index is 2.34. The Morgan fingerprint density at radius 3 is 3.06 bits per heavy atom. The monoisotopic (exact) mass is 280 g/mol. The number of nitrogen functional groups attached to an aromatic ring is 1. The second kappa shape index (κ2) is 4.44. The van der Waals surface area contributed by atoms with Crippen LogP contribution in [0.1, 0.15) is 5.69 Å². The van der Waals surface area contributed by atoms with E-state index in [-0.39, 0.29) is 5.56 Å². The van der Waals surface area contributed by atoms with Gasteiger partial charge < -0.3 is 5.73 Å². The van der Waals surface area contributed by atoms with E-state index >= 15 is 0 Å². The van der Waals surface area contributed by atoms with Crippen LogP contribution in [-0.2, 0) is 6.54 Å². The van der Waals surface area contributed by atoms with Gasteiger partial charge in [-0.3, -0.25) is 14.3 Å². The molecule has 0 fully saturated rings. The van der Waals surface area contributed by atoms with Crippen molar-refractivity contribution >= 4 is 21.6 Å². The van der Waals surface area contributed by atoms with Crippen molar-refractivity contribution in [3.63, 3.8) is 0 Å². The molecular weight excluding hydrogens is 272 g/mol. The minimum atomic E-state index is -0.140. The first-order valence-electron chi connectivity index (χ1n) is 4.57. The molecule has 2 heterocycles. The molecule has 0 aliphatic rings. The highest BCUT2D eigenvalue weighted by molar-refractivity contribution is 9.10. The van der Waals surface area contributed by atoms with Crippen molar-refractivity contribution in [1.82, 2.24) is 14.5 Å². The predicted molar refractivity (Wildman–Crippen MR) is 63.9 cm³/mol. The van der Waals surface area contributed by atoms with E-state index in [0.29, 0.717) is 16.7 Å². The van der Waals surface area contributed by atoms with E-state index in [1.807, 2.05) is 0 Å². The molecule has 0 aromatic carbocycles. The summed E-state index contributed by atoms with van der Waals surface area (Å²) in [6.07, 6.45) is 4.55. The van der Waals surface area contributed by atoms with Gasteiger partial charge in [0.2, 0.25) is 0 Å². The van der Waals surface area contributed by atoms with E-state index in [1.165, 1.54) is 17.1 Å². The van der Waals surface area contributed by atoms with Crippen molar-refractivity contribution in [3.8, 4) is 0 Å². The maximum absolute atomic E-state index is 11.7. The Hall–Kier alpha value is -1.69. The van der Waals surface area contributed by atoms with Gasteiger partial charge in [-0.2, -0.15) is 0 Å². The normalized spacial score (nSPS) is 10.3. The van der Waals surface area contributed by atoms with Gasteiger partial charge in [-0.05, 0) is 28.1 Å². The first kappa shape index (κ1) is 10.8. The number of nitrogens with zero attached hydrogens (tertiary/aromatic N) is 3. The fourth-order valence-electron chi connectivity index (χ4n) is 1.29. The molecule has 2 rings (SSSR count). The van der Waals surface area contributed by atoms with Crippen molar-refractivity contribution < 1.29 is 0 Å². The molecule has 2 N–H and O–H groups in total. The molecule has 5 nitrogen and oxygen atoms in total. The molecule has 0 aliphatic heterocycles. The standard InChI is InChI=1S/C10H9BrN4O/c11-9-4-13-6-15(10(9)16)5-8-3-7(12)1-2-14-8/h1-4,6H,5H2,(H2,12,14). The molecule has 0 aliphatic carbocycles. The SMILES string of the molecule is Nc1ccnc(Cn2cncc(Br)c2=O)c1. The second-order valence-corrected chi connectivity index (χ2v) is 4.11. The number of halogens is 1. The number of anilines is 1. The highest BCUT2D eigenvalue weighted by atomic mass is 79.9. The molecule has 0 radical (unpaired) electrons. The Labute approximate surface area is 100 Å². The molecule has 82 valence electrons. The van der Waals surface area contributed by atoms with Crippen LogP contribution in [0.15, 0.2) is 40.1 Å². The van der Waals surface area contributed by atoms with E-state index in [9.17, 15) is 4.79 Å². The molecule has 0 atom stereocenters. The van der Waals surface area contributed by atoms with Crippen LogP contribution in [-0.4, -0.2) is 14.5 Å². The van der Waals surface area contributed by atoms with Crippen LogP contribution < -0.4 is 11.3 Å². The molecular formula is C10H9BrN4O. The van der Waals surface area contributed by atoms with E-state index in [1.54, 1.807) is 18.3 Å². The second-order valence-electron chi connectivity index (χ2n) is 3.26. The first-order chi connectivity index (χ1) is 7.66. The lowest BCUT2D eigenvalue weighted by atomic mass is 10.3. The van der Waals surface area contributed by atoms with Gasteiger partial charge in [0.15, 0.2) is 0 Å². The van der Waals surface area contributed by atoms with Gasteiger partial charge in [0.05, 0.1) is 18.6 Å². The van der Waals surface area contributed by atoms with E-state index in [4.69, 9.17) is 5.73 Å². The van der Waals surface area contributed by atoms with Crippen LogP contribution in [0.5, 0.6) is 0 Å². The summed E-state index contributed by atoms with van der Waals surface area (Å²) in [6, 6.07) is 3.43. The molecule has 0 saturated carbocycles. The first-order valence-corrected chi connectivity index (χ1v) is 5.36. The van der Waals surface area contributed by atoms with Gasteiger partial charge in [0, 0.05) is 18.1 Å². The average Bonchev–Trinajstić information content (AvgIpc) is 2.25. The third-order valence-corrected chi connectivity index (χ3v) is 2.58. The topological polar surface area (TPSA) is 73.8 Å². The number of pyridine rings is 1. The fourth-order valence-corrected chi connectivity index (χ4v) is 1.64. The Bertz CT molecular complexity index is 567. The number of hydrogen-bond donors (Lipinski definition) is 1. The van der Waals surface area contributed by atoms with Gasteiger partial charge in [-0.1, -0.05) is 0 Å². The predicted octanol–water partition coefficient (Wildman–Crippen LogP) is 1.03. The van der Waals surface area contributed by atoms with E-state index < -0.39 is 0 Å². The van der Waals surface area contributed by atoms with Crippen molar-refractivity contribution in [1.29, 1.82) is 0 Å². The zero-order chi connectivity index (χ0) is 11.5. The van der Waals surface area contributed by atoms with Crippen LogP contribution in [0, 0.1) is 0 Å². The third kappa shape index (κ3) is 2.27. The smallest absolute Gasteiger partial charge is 0.267 e. The minimum absolute atomic E-state index is 0.140. The number of nitrogens with two attached hydrogens (primary N) is 1. The third-order valence-electron chi connectivity index (χ3n) is 2.03. The number of rotatable bonds is 2. The lowest BCUT2D eigenvalue weighted by Crippen LogP contribution is -2.21. The molecule has 0 unspecified atom stereocenters. The van der Waals surface area contributed by atoms with Gasteiger partial charge in [0.1, 0.15) is 4.47 Å². The Kier molecular flexibility index (Phi) is 3.00. The fraction of sp³-hybridized carbons (Fsp3) is 0.100. The number of aromatic nitrogens is 3. The largest absolute Gasteiger partial charge is 0.399 e. The molecule has 0 spiro atoms. The van der Waals surface area contributed by atoms with Crippen LogP contribution in [0.2, 0.25) is 0 Å².